The lowest BCUT2D eigenvalue weighted by Gasteiger charge is -2.49. The summed E-state index contributed by atoms with van der Waals surface area (Å²) in [6.45, 7) is 5.33. The van der Waals surface area contributed by atoms with Crippen molar-refractivity contribution >= 4 is 73.6 Å². The number of hydrogen-bond acceptors (Lipinski definition) is 12. The number of benzene rings is 5. The Morgan fingerprint density at radius 2 is 1.33 bits per heavy atom. The molecule has 2 fully saturated rings. The average molecular weight is 1030 g/mol. The van der Waals surface area contributed by atoms with E-state index in [0.717, 1.165) is 27.8 Å². The number of halogens is 1. The summed E-state index contributed by atoms with van der Waals surface area (Å²) in [4.78, 5) is 69.5. The predicted molar refractivity (Wildman–Crippen MR) is 272 cm³/mol. The van der Waals surface area contributed by atoms with Gasteiger partial charge in [0, 0.05) is 29.3 Å². The van der Waals surface area contributed by atoms with Crippen LogP contribution in [-0.4, -0.2) is 73.0 Å². The molecule has 69 heavy (non-hydrogen) atoms. The van der Waals surface area contributed by atoms with Crippen molar-refractivity contribution in [2.45, 2.75) is 74.3 Å². The fourth-order valence-electron chi connectivity index (χ4n) is 8.65. The predicted octanol–water partition coefficient (Wildman–Crippen LogP) is 9.91. The van der Waals surface area contributed by atoms with Crippen LogP contribution < -0.4 is 10.6 Å². The number of thiazole rings is 1. The maximum absolute atomic E-state index is 14.8. The summed E-state index contributed by atoms with van der Waals surface area (Å²) >= 11 is 6.23. The largest absolute Gasteiger partial charge is 0.457 e. The summed E-state index contributed by atoms with van der Waals surface area (Å²) in [5, 5.41) is 12.9. The number of anilines is 1. The number of alkyl halides is 1. The Labute approximate surface area is 417 Å². The van der Waals surface area contributed by atoms with Gasteiger partial charge in [0.25, 0.3) is 11.8 Å². The molecule has 0 bridgehead atoms. The number of amides is 2. The minimum absolute atomic E-state index is 0.137. The summed E-state index contributed by atoms with van der Waals surface area (Å²) in [5.74, 6) is -2.09. The van der Waals surface area contributed by atoms with Crippen LogP contribution in [0, 0.1) is 0 Å². The zero-order valence-corrected chi connectivity index (χ0v) is 41.4. The van der Waals surface area contributed by atoms with Gasteiger partial charge in [0.2, 0.25) is 5.60 Å². The maximum atomic E-state index is 14.8. The lowest BCUT2D eigenvalue weighted by molar-refractivity contribution is -0.196. The number of β-lactam (4-membered cyclic amide) rings is 1. The third-order valence-electron chi connectivity index (χ3n) is 12.2. The number of carbonyl (C=O) groups is 4. The van der Waals surface area contributed by atoms with Crippen LogP contribution in [0.2, 0.25) is 0 Å². The van der Waals surface area contributed by atoms with E-state index in [4.69, 9.17) is 19.3 Å². The third-order valence-corrected chi connectivity index (χ3v) is 15.0. The van der Waals surface area contributed by atoms with Gasteiger partial charge in [-0.3, -0.25) is 14.5 Å². The lowest BCUT2D eigenvalue weighted by Crippen LogP contribution is -2.71. The molecule has 1 aliphatic carbocycles. The molecule has 6 aromatic rings. The van der Waals surface area contributed by atoms with Crippen molar-refractivity contribution in [2.24, 2.45) is 5.16 Å². The van der Waals surface area contributed by atoms with Crippen molar-refractivity contribution in [3.63, 3.8) is 0 Å². The SMILES string of the molecule is CC(C)(C)OC(=O)C1(ON=C(C(=O)N[C@@H]2C(=O)N3C(C(=O)OC(c4ccccc4)c4ccccc4)=C(CBr)CS[C@H]23)c2csc(NC(c3ccccc3)(c3ccccc3)c3ccccc3)n2)CCC1. The first-order valence-electron chi connectivity index (χ1n) is 22.7. The second-order valence-electron chi connectivity index (χ2n) is 17.9. The molecule has 2 amide bonds. The van der Waals surface area contributed by atoms with Gasteiger partial charge < -0.3 is 24.9 Å². The Bertz CT molecular complexity index is 2740. The van der Waals surface area contributed by atoms with Crippen LogP contribution in [0.25, 0.3) is 0 Å². The molecule has 1 aromatic heterocycles. The van der Waals surface area contributed by atoms with Gasteiger partial charge in [0.15, 0.2) is 16.9 Å². The highest BCUT2D eigenvalue weighted by atomic mass is 79.9. The molecule has 1 saturated carbocycles. The number of hydrogen-bond donors (Lipinski definition) is 2. The molecule has 352 valence electrons. The summed E-state index contributed by atoms with van der Waals surface area (Å²) in [6.07, 6.45) is 0.629. The molecule has 2 aliphatic heterocycles. The normalized spacial score (nSPS) is 17.8. The summed E-state index contributed by atoms with van der Waals surface area (Å²) in [6, 6.07) is 48.0. The molecule has 12 nitrogen and oxygen atoms in total. The number of aromatic nitrogens is 1. The number of fused-ring (bicyclic) bond motifs is 1. The molecule has 15 heteroatoms. The number of oxime groups is 1. The van der Waals surface area contributed by atoms with Crippen LogP contribution >= 0.6 is 39.0 Å². The Morgan fingerprint density at radius 1 is 0.812 bits per heavy atom. The molecule has 3 aliphatic rings. The van der Waals surface area contributed by atoms with Gasteiger partial charge in [-0.05, 0) is 60.6 Å². The third kappa shape index (κ3) is 9.72. The Kier molecular flexibility index (Phi) is 13.9. The molecule has 9 rings (SSSR count). The summed E-state index contributed by atoms with van der Waals surface area (Å²) in [7, 11) is 0. The summed E-state index contributed by atoms with van der Waals surface area (Å²) in [5.41, 5.74) is 2.00. The first kappa shape index (κ1) is 47.5. The molecule has 2 N–H and O–H groups in total. The van der Waals surface area contributed by atoms with Gasteiger partial charge in [-0.1, -0.05) is 173 Å². The second-order valence-corrected chi connectivity index (χ2v) is 20.5. The number of rotatable bonds is 16. The van der Waals surface area contributed by atoms with E-state index < -0.39 is 58.0 Å². The van der Waals surface area contributed by atoms with Crippen LogP contribution in [-0.2, 0) is 39.0 Å². The van der Waals surface area contributed by atoms with E-state index in [-0.39, 0.29) is 17.1 Å². The Morgan fingerprint density at radius 3 is 1.81 bits per heavy atom. The van der Waals surface area contributed by atoms with Gasteiger partial charge in [0.05, 0.1) is 0 Å². The zero-order chi connectivity index (χ0) is 48.2. The van der Waals surface area contributed by atoms with Crippen molar-refractivity contribution in [1.29, 1.82) is 0 Å². The molecular weight excluding hydrogens is 975 g/mol. The van der Waals surface area contributed by atoms with E-state index in [0.29, 0.717) is 41.1 Å². The quantitative estimate of drug-likeness (QED) is 0.0240. The molecule has 2 atom stereocenters. The van der Waals surface area contributed by atoms with Crippen LogP contribution in [0.3, 0.4) is 0 Å². The summed E-state index contributed by atoms with van der Waals surface area (Å²) < 4.78 is 12.0. The van der Waals surface area contributed by atoms with Gasteiger partial charge in [-0.25, -0.2) is 14.6 Å². The van der Waals surface area contributed by atoms with Crippen LogP contribution in [0.15, 0.2) is 173 Å². The van der Waals surface area contributed by atoms with Crippen molar-refractivity contribution in [1.82, 2.24) is 15.2 Å². The van der Waals surface area contributed by atoms with Gasteiger partial charge in [0.1, 0.15) is 33.9 Å². The van der Waals surface area contributed by atoms with Gasteiger partial charge in [-0.2, -0.15) is 0 Å². The van der Waals surface area contributed by atoms with Crippen LogP contribution in [0.4, 0.5) is 5.13 Å². The van der Waals surface area contributed by atoms with Crippen LogP contribution in [0.1, 0.15) is 79.6 Å². The van der Waals surface area contributed by atoms with Gasteiger partial charge >= 0.3 is 11.9 Å². The Balaban J connectivity index is 1.03. The molecule has 1 saturated heterocycles. The minimum atomic E-state index is -1.41. The van der Waals surface area contributed by atoms with Crippen molar-refractivity contribution < 1.29 is 33.5 Å². The lowest BCUT2D eigenvalue weighted by atomic mass is 9.77. The first-order valence-corrected chi connectivity index (χ1v) is 25.7. The number of thioether (sulfide) groups is 1. The number of nitrogens with one attached hydrogen (secondary N) is 2. The van der Waals surface area contributed by atoms with Gasteiger partial charge in [-0.15, -0.1) is 23.1 Å². The van der Waals surface area contributed by atoms with Crippen molar-refractivity contribution in [3.05, 3.63) is 202 Å². The molecule has 0 spiro atoms. The fraction of sp³-hybridized carbons (Fsp3) is 0.259. The second kappa shape index (κ2) is 20.2. The molecule has 0 radical (unpaired) electrons. The van der Waals surface area contributed by atoms with E-state index in [1.165, 1.54) is 28.0 Å². The highest BCUT2D eigenvalue weighted by molar-refractivity contribution is 9.09. The smallest absolute Gasteiger partial charge is 0.356 e. The Hall–Kier alpha value is -6.55. The molecule has 0 unspecified atom stereocenters. The highest BCUT2D eigenvalue weighted by Crippen LogP contribution is 2.44. The minimum Gasteiger partial charge on any atom is -0.457 e. The highest BCUT2D eigenvalue weighted by Gasteiger charge is 2.55. The monoisotopic (exact) mass is 1020 g/mol. The molecule has 3 heterocycles. The number of carbonyl (C=O) groups excluding carboxylic acids is 4. The van der Waals surface area contributed by atoms with E-state index in [1.807, 2.05) is 115 Å². The topological polar surface area (TPSA) is 149 Å². The van der Waals surface area contributed by atoms with E-state index >= 15 is 0 Å². The number of nitrogens with zero attached hydrogens (tertiary/aromatic N) is 3. The van der Waals surface area contributed by atoms with Crippen molar-refractivity contribution in [2.75, 3.05) is 16.4 Å². The maximum Gasteiger partial charge on any atom is 0.356 e. The van der Waals surface area contributed by atoms with E-state index in [2.05, 4.69) is 68.1 Å². The standard InChI is InChI=1S/C54H50BrN5O7S2/c1-52(2,3)66-50(64)53(30-19-31-53)67-59-42(41-34-69-51(56-41)58-54(38-24-13-6-14-25-38,39-26-15-7-16-27-39)40-28-17-8-18-29-40)46(61)57-43-47(62)60-44(37(32-55)33-68-48(43)60)49(63)65-45(35-20-9-4-10-21-35)36-22-11-5-12-23-36/h4-18,20-29,34,43,45,48H,19,30-33H2,1-3H3,(H,56,58)(H,57,61)/t43-,48-/m1/s1. The first-order chi connectivity index (χ1) is 33.4. The van der Waals surface area contributed by atoms with E-state index in [1.54, 1.807) is 26.2 Å². The van der Waals surface area contributed by atoms with Crippen LogP contribution in [0.5, 0.6) is 0 Å². The fourth-order valence-corrected chi connectivity index (χ4v) is 11.5. The average Bonchev–Trinajstić information content (AvgIpc) is 3.82. The molecular formula is C54H50BrN5O7S2. The van der Waals surface area contributed by atoms with E-state index in [9.17, 15) is 19.2 Å². The number of ether oxygens (including phenoxy) is 2. The van der Waals surface area contributed by atoms with Crippen molar-refractivity contribution in [3.8, 4) is 0 Å². The number of esters is 2. The zero-order valence-electron chi connectivity index (χ0n) is 38.2. The molecule has 5 aromatic carbocycles.